The summed E-state index contributed by atoms with van der Waals surface area (Å²) in [6.45, 7) is 6.18. The molecule has 1 unspecified atom stereocenters. The van der Waals surface area contributed by atoms with Gasteiger partial charge in [-0.15, -0.1) is 0 Å². The van der Waals surface area contributed by atoms with Gasteiger partial charge in [-0.1, -0.05) is 19.1 Å². The van der Waals surface area contributed by atoms with Crippen LogP contribution in [-0.2, 0) is 4.74 Å². The molecule has 3 nitrogen and oxygen atoms in total. The van der Waals surface area contributed by atoms with Gasteiger partial charge in [0.15, 0.2) is 5.78 Å². The van der Waals surface area contributed by atoms with Gasteiger partial charge < -0.3 is 9.47 Å². The minimum atomic E-state index is -0.785. The summed E-state index contributed by atoms with van der Waals surface area (Å²) in [7, 11) is 1.56. The van der Waals surface area contributed by atoms with Crippen LogP contribution >= 0.6 is 0 Å². The number of benzene rings is 1. The van der Waals surface area contributed by atoms with E-state index in [1.54, 1.807) is 20.1 Å². The van der Waals surface area contributed by atoms with E-state index in [9.17, 15) is 4.79 Å². The fourth-order valence-corrected chi connectivity index (χ4v) is 1.62. The number of carbonyl (C=O) groups is 1. The maximum absolute atomic E-state index is 12.4. The summed E-state index contributed by atoms with van der Waals surface area (Å²) in [5.41, 5.74) is -0.201. The quantitative estimate of drug-likeness (QED) is 0.712. The lowest BCUT2D eigenvalue weighted by Crippen LogP contribution is -2.37. The highest BCUT2D eigenvalue weighted by atomic mass is 16.5. The van der Waals surface area contributed by atoms with Gasteiger partial charge in [-0.05, 0) is 32.4 Å². The van der Waals surface area contributed by atoms with Gasteiger partial charge in [0.2, 0.25) is 0 Å². The number of carbonyl (C=O) groups excluding carboxylic acids is 1. The lowest BCUT2D eigenvalue weighted by atomic mass is 9.91. The average Bonchev–Trinajstić information content (AvgIpc) is 2.38. The zero-order valence-electron chi connectivity index (χ0n) is 10.9. The molecule has 0 bridgehead atoms. The second-order valence-corrected chi connectivity index (χ2v) is 4.05. The second-order valence-electron chi connectivity index (χ2n) is 4.05. The summed E-state index contributed by atoms with van der Waals surface area (Å²) in [4.78, 5) is 12.4. The molecule has 0 radical (unpaired) electrons. The first-order chi connectivity index (χ1) is 8.09. The molecule has 1 rings (SSSR count). The van der Waals surface area contributed by atoms with E-state index in [1.807, 2.05) is 32.0 Å². The molecule has 0 amide bonds. The number of ketones is 1. The first-order valence-corrected chi connectivity index (χ1v) is 5.90. The first kappa shape index (κ1) is 13.7. The topological polar surface area (TPSA) is 35.5 Å². The summed E-state index contributed by atoms with van der Waals surface area (Å²) < 4.78 is 10.8. The largest absolute Gasteiger partial charge is 0.493 e. The standard InChI is InChI=1S/C14H20O3/c1-5-14(3,16-4)13(15)11-9-7-8-10-12(11)17-6-2/h7-10H,5-6H2,1-4H3. The van der Waals surface area contributed by atoms with Gasteiger partial charge in [-0.3, -0.25) is 4.79 Å². The minimum absolute atomic E-state index is 0.0356. The molecule has 0 saturated heterocycles. The van der Waals surface area contributed by atoms with E-state index >= 15 is 0 Å². The smallest absolute Gasteiger partial charge is 0.198 e. The van der Waals surface area contributed by atoms with Gasteiger partial charge >= 0.3 is 0 Å². The molecule has 17 heavy (non-hydrogen) atoms. The Labute approximate surface area is 103 Å². The molecular formula is C14H20O3. The molecule has 0 spiro atoms. The highest BCUT2D eigenvalue weighted by Gasteiger charge is 2.33. The van der Waals surface area contributed by atoms with Crippen molar-refractivity contribution in [3.8, 4) is 5.75 Å². The molecule has 1 aromatic rings. The maximum atomic E-state index is 12.4. The molecule has 1 atom stereocenters. The lowest BCUT2D eigenvalue weighted by Gasteiger charge is -2.25. The molecule has 94 valence electrons. The van der Waals surface area contributed by atoms with Crippen LogP contribution in [0.3, 0.4) is 0 Å². The number of methoxy groups -OCH3 is 1. The van der Waals surface area contributed by atoms with Gasteiger partial charge in [0.05, 0.1) is 12.2 Å². The zero-order chi connectivity index (χ0) is 12.9. The summed E-state index contributed by atoms with van der Waals surface area (Å²) in [5, 5.41) is 0. The maximum Gasteiger partial charge on any atom is 0.198 e. The summed E-state index contributed by atoms with van der Waals surface area (Å²) >= 11 is 0. The number of rotatable bonds is 6. The van der Waals surface area contributed by atoms with Crippen molar-refractivity contribution in [2.45, 2.75) is 32.8 Å². The third kappa shape index (κ3) is 2.86. The molecule has 1 aromatic carbocycles. The van der Waals surface area contributed by atoms with Crippen molar-refractivity contribution in [2.75, 3.05) is 13.7 Å². The van der Waals surface area contributed by atoms with Crippen molar-refractivity contribution in [2.24, 2.45) is 0 Å². The number of Topliss-reactive ketones (excluding diaryl/α,β-unsaturated/α-hetero) is 1. The van der Waals surface area contributed by atoms with Crippen LogP contribution < -0.4 is 4.74 Å². The zero-order valence-corrected chi connectivity index (χ0v) is 10.9. The summed E-state index contributed by atoms with van der Waals surface area (Å²) in [6.07, 6.45) is 0.628. The summed E-state index contributed by atoms with van der Waals surface area (Å²) in [5.74, 6) is 0.586. The molecule has 0 saturated carbocycles. The van der Waals surface area contributed by atoms with Crippen molar-refractivity contribution in [1.29, 1.82) is 0 Å². The van der Waals surface area contributed by atoms with E-state index in [0.717, 1.165) is 0 Å². The Kier molecular flexibility index (Phi) is 4.70. The van der Waals surface area contributed by atoms with Gasteiger partial charge in [0.1, 0.15) is 11.4 Å². The van der Waals surface area contributed by atoms with E-state index in [4.69, 9.17) is 9.47 Å². The van der Waals surface area contributed by atoms with E-state index in [2.05, 4.69) is 0 Å². The molecule has 0 N–H and O–H groups in total. The van der Waals surface area contributed by atoms with Gasteiger partial charge in [-0.2, -0.15) is 0 Å². The van der Waals surface area contributed by atoms with Crippen LogP contribution in [0, 0.1) is 0 Å². The number of hydrogen-bond acceptors (Lipinski definition) is 3. The summed E-state index contributed by atoms with van der Waals surface area (Å²) in [6, 6.07) is 7.28. The molecule has 0 fully saturated rings. The van der Waals surface area contributed by atoms with Gasteiger partial charge in [-0.25, -0.2) is 0 Å². The van der Waals surface area contributed by atoms with Gasteiger partial charge in [0, 0.05) is 7.11 Å². The van der Waals surface area contributed by atoms with Crippen LogP contribution in [0.2, 0.25) is 0 Å². The molecule has 0 aliphatic heterocycles. The van der Waals surface area contributed by atoms with E-state index in [1.165, 1.54) is 0 Å². The molecule has 3 heteroatoms. The fraction of sp³-hybridized carbons (Fsp3) is 0.500. The van der Waals surface area contributed by atoms with Crippen LogP contribution in [0.15, 0.2) is 24.3 Å². The number of hydrogen-bond donors (Lipinski definition) is 0. The van der Waals surface area contributed by atoms with Crippen molar-refractivity contribution in [1.82, 2.24) is 0 Å². The highest BCUT2D eigenvalue weighted by Crippen LogP contribution is 2.26. The van der Waals surface area contributed by atoms with E-state index < -0.39 is 5.60 Å². The van der Waals surface area contributed by atoms with Crippen molar-refractivity contribution in [3.63, 3.8) is 0 Å². The minimum Gasteiger partial charge on any atom is -0.493 e. The SMILES string of the molecule is CCOc1ccccc1C(=O)C(C)(CC)OC. The van der Waals surface area contributed by atoms with Crippen molar-refractivity contribution in [3.05, 3.63) is 29.8 Å². The Morgan fingerprint density at radius 3 is 2.47 bits per heavy atom. The van der Waals surface area contributed by atoms with Crippen LogP contribution in [-0.4, -0.2) is 25.1 Å². The fourth-order valence-electron chi connectivity index (χ4n) is 1.62. The third-order valence-electron chi connectivity index (χ3n) is 3.04. The van der Waals surface area contributed by atoms with Crippen LogP contribution in [0.1, 0.15) is 37.6 Å². The van der Waals surface area contributed by atoms with Crippen molar-refractivity contribution < 1.29 is 14.3 Å². The van der Waals surface area contributed by atoms with E-state index in [-0.39, 0.29) is 5.78 Å². The van der Waals surface area contributed by atoms with Crippen LogP contribution in [0.25, 0.3) is 0 Å². The molecule has 0 heterocycles. The molecular weight excluding hydrogens is 216 g/mol. The van der Waals surface area contributed by atoms with Crippen molar-refractivity contribution >= 4 is 5.78 Å². The average molecular weight is 236 g/mol. The number of para-hydroxylation sites is 1. The monoisotopic (exact) mass is 236 g/mol. The Morgan fingerprint density at radius 2 is 1.94 bits per heavy atom. The molecule has 0 aliphatic carbocycles. The normalized spacial score (nSPS) is 14.1. The molecule has 0 aromatic heterocycles. The van der Waals surface area contributed by atoms with Crippen LogP contribution in [0.5, 0.6) is 5.75 Å². The highest BCUT2D eigenvalue weighted by molar-refractivity contribution is 6.04. The van der Waals surface area contributed by atoms with Crippen LogP contribution in [0.4, 0.5) is 0 Å². The Morgan fingerprint density at radius 1 is 1.29 bits per heavy atom. The predicted molar refractivity (Wildman–Crippen MR) is 67.6 cm³/mol. The third-order valence-corrected chi connectivity index (χ3v) is 3.04. The lowest BCUT2D eigenvalue weighted by molar-refractivity contribution is 0.0103. The Bertz CT molecular complexity index is 381. The van der Waals surface area contributed by atoms with Gasteiger partial charge in [0.25, 0.3) is 0 Å². The second kappa shape index (κ2) is 5.82. The molecule has 0 aliphatic rings. The first-order valence-electron chi connectivity index (χ1n) is 5.90. The Hall–Kier alpha value is -1.35. The van der Waals surface area contributed by atoms with E-state index in [0.29, 0.717) is 24.3 Å². The number of ether oxygens (including phenoxy) is 2. The Balaban J connectivity index is 3.11. The predicted octanol–water partition coefficient (Wildman–Crippen LogP) is 3.08.